The van der Waals surface area contributed by atoms with Crippen molar-refractivity contribution in [2.75, 3.05) is 12.4 Å². The van der Waals surface area contributed by atoms with Crippen molar-refractivity contribution in [2.45, 2.75) is 13.3 Å². The van der Waals surface area contributed by atoms with Gasteiger partial charge in [0, 0.05) is 30.1 Å². The number of aromatic amines is 1. The number of hydrogen-bond donors (Lipinski definition) is 2. The Morgan fingerprint density at radius 3 is 2.83 bits per heavy atom. The average molecular weight is 415 g/mol. The van der Waals surface area contributed by atoms with Crippen molar-refractivity contribution in [3.63, 3.8) is 0 Å². The molecule has 10 heteroatoms. The number of pyridine rings is 2. The van der Waals surface area contributed by atoms with Gasteiger partial charge in [-0.15, -0.1) is 11.3 Å². The quantitative estimate of drug-likeness (QED) is 0.495. The van der Waals surface area contributed by atoms with Crippen LogP contribution >= 0.6 is 11.3 Å². The van der Waals surface area contributed by atoms with Crippen LogP contribution in [0.25, 0.3) is 32.9 Å². The molecule has 0 radical (unpaired) electrons. The minimum atomic E-state index is -2.66. The number of amides is 1. The fourth-order valence-corrected chi connectivity index (χ4v) is 3.79. The highest BCUT2D eigenvalue weighted by molar-refractivity contribution is 7.13. The standard InChI is InChI=1S/C19H15F2N5O2S/c1-9(27)24-14-5-10(3-4-22-14)16-15(19-26-13(8-29-19)18(20)21)17-12(25-16)6-11(28-2)7-23-17/h3-8,18,25H,1-2H3,(H,22,24,27). The van der Waals surface area contributed by atoms with Gasteiger partial charge in [-0.2, -0.15) is 0 Å². The Labute approximate surface area is 167 Å². The number of rotatable bonds is 5. The van der Waals surface area contributed by atoms with Crippen molar-refractivity contribution < 1.29 is 18.3 Å². The van der Waals surface area contributed by atoms with E-state index in [1.165, 1.54) is 19.4 Å². The van der Waals surface area contributed by atoms with E-state index in [9.17, 15) is 13.6 Å². The number of nitrogens with zero attached hydrogens (tertiary/aromatic N) is 3. The monoisotopic (exact) mass is 415 g/mol. The normalized spacial score (nSPS) is 11.2. The highest BCUT2D eigenvalue weighted by Crippen LogP contribution is 2.40. The molecule has 0 fully saturated rings. The van der Waals surface area contributed by atoms with Gasteiger partial charge in [-0.05, 0) is 12.1 Å². The Hall–Kier alpha value is -3.40. The summed E-state index contributed by atoms with van der Waals surface area (Å²) in [4.78, 5) is 27.3. The molecule has 29 heavy (non-hydrogen) atoms. The fraction of sp³-hybridized carbons (Fsp3) is 0.158. The first-order valence-corrected chi connectivity index (χ1v) is 9.38. The van der Waals surface area contributed by atoms with E-state index < -0.39 is 6.43 Å². The van der Waals surface area contributed by atoms with Crippen molar-refractivity contribution in [2.24, 2.45) is 0 Å². The molecule has 4 aromatic rings. The number of ether oxygens (including phenoxy) is 1. The number of methoxy groups -OCH3 is 1. The molecule has 2 N–H and O–H groups in total. The number of anilines is 1. The van der Waals surface area contributed by atoms with Crippen molar-refractivity contribution in [3.8, 4) is 27.6 Å². The average Bonchev–Trinajstić information content (AvgIpc) is 3.31. The van der Waals surface area contributed by atoms with Gasteiger partial charge in [-0.1, -0.05) is 0 Å². The lowest BCUT2D eigenvalue weighted by atomic mass is 10.1. The van der Waals surface area contributed by atoms with Crippen molar-refractivity contribution >= 4 is 34.1 Å². The van der Waals surface area contributed by atoms with Crippen LogP contribution in [0, 0.1) is 0 Å². The summed E-state index contributed by atoms with van der Waals surface area (Å²) in [5.74, 6) is 0.676. The van der Waals surface area contributed by atoms with Crippen LogP contribution in [-0.4, -0.2) is 33.0 Å². The van der Waals surface area contributed by atoms with Gasteiger partial charge in [0.1, 0.15) is 22.3 Å². The van der Waals surface area contributed by atoms with Gasteiger partial charge in [0.15, 0.2) is 0 Å². The van der Waals surface area contributed by atoms with Crippen LogP contribution in [0.1, 0.15) is 19.0 Å². The molecule has 4 heterocycles. The van der Waals surface area contributed by atoms with Gasteiger partial charge < -0.3 is 15.0 Å². The smallest absolute Gasteiger partial charge is 0.281 e. The SMILES string of the molecule is COc1cnc2c(-c3nc(C(F)F)cs3)c(-c3ccnc(NC(C)=O)c3)[nH]c2c1. The Balaban J connectivity index is 1.93. The lowest BCUT2D eigenvalue weighted by Gasteiger charge is -2.05. The molecule has 0 aliphatic rings. The maximum Gasteiger partial charge on any atom is 0.281 e. The van der Waals surface area contributed by atoms with Gasteiger partial charge in [0.25, 0.3) is 6.43 Å². The third-order valence-corrected chi connectivity index (χ3v) is 5.03. The van der Waals surface area contributed by atoms with Gasteiger partial charge >= 0.3 is 0 Å². The van der Waals surface area contributed by atoms with Gasteiger partial charge in [0.05, 0.1) is 35.6 Å². The number of thiazole rings is 1. The number of halogens is 2. The summed E-state index contributed by atoms with van der Waals surface area (Å²) in [6.07, 6.45) is 0.450. The Kier molecular flexibility index (Phi) is 4.93. The molecular formula is C19H15F2N5O2S. The number of carbonyl (C=O) groups excluding carboxylic acids is 1. The predicted octanol–water partition coefficient (Wildman–Crippen LogP) is 4.65. The first kappa shape index (κ1) is 18.9. The number of aromatic nitrogens is 4. The topological polar surface area (TPSA) is 92.8 Å². The number of hydrogen-bond acceptors (Lipinski definition) is 6. The maximum absolute atomic E-state index is 13.1. The van der Waals surface area contributed by atoms with E-state index in [0.29, 0.717) is 44.4 Å². The predicted molar refractivity (Wildman–Crippen MR) is 106 cm³/mol. The zero-order valence-electron chi connectivity index (χ0n) is 15.4. The second-order valence-electron chi connectivity index (χ2n) is 6.14. The van der Waals surface area contributed by atoms with Gasteiger partial charge in [0.2, 0.25) is 5.91 Å². The zero-order valence-corrected chi connectivity index (χ0v) is 16.2. The van der Waals surface area contributed by atoms with E-state index in [0.717, 1.165) is 11.3 Å². The molecular weight excluding hydrogens is 400 g/mol. The van der Waals surface area contributed by atoms with Crippen LogP contribution in [0.3, 0.4) is 0 Å². The molecule has 1 amide bonds. The Bertz CT molecular complexity index is 1200. The molecule has 0 spiro atoms. The molecule has 0 atom stereocenters. The van der Waals surface area contributed by atoms with Crippen LogP contribution in [-0.2, 0) is 4.79 Å². The molecule has 4 aromatic heterocycles. The first-order chi connectivity index (χ1) is 14.0. The third kappa shape index (κ3) is 3.66. The van der Waals surface area contributed by atoms with E-state index in [1.807, 2.05) is 0 Å². The number of alkyl halides is 2. The third-order valence-electron chi connectivity index (χ3n) is 4.16. The number of nitrogens with one attached hydrogen (secondary N) is 2. The maximum atomic E-state index is 13.1. The highest BCUT2D eigenvalue weighted by Gasteiger charge is 2.22. The summed E-state index contributed by atoms with van der Waals surface area (Å²) in [7, 11) is 1.53. The lowest BCUT2D eigenvalue weighted by Crippen LogP contribution is -2.07. The van der Waals surface area contributed by atoms with Crippen LogP contribution in [0.5, 0.6) is 5.75 Å². The second kappa shape index (κ2) is 7.55. The van der Waals surface area contributed by atoms with Crippen molar-refractivity contribution in [3.05, 3.63) is 41.7 Å². The summed E-state index contributed by atoms with van der Waals surface area (Å²) in [5, 5.41) is 4.38. The molecule has 7 nitrogen and oxygen atoms in total. The lowest BCUT2D eigenvalue weighted by molar-refractivity contribution is -0.114. The van der Waals surface area contributed by atoms with E-state index in [2.05, 4.69) is 25.3 Å². The molecule has 0 aliphatic heterocycles. The van der Waals surface area contributed by atoms with Crippen LogP contribution < -0.4 is 10.1 Å². The van der Waals surface area contributed by atoms with Crippen molar-refractivity contribution in [1.82, 2.24) is 19.9 Å². The Morgan fingerprint density at radius 2 is 2.14 bits per heavy atom. The molecule has 0 bridgehead atoms. The molecule has 0 saturated carbocycles. The Morgan fingerprint density at radius 1 is 1.31 bits per heavy atom. The molecule has 148 valence electrons. The number of fused-ring (bicyclic) bond motifs is 1. The minimum absolute atomic E-state index is 0.251. The van der Waals surface area contributed by atoms with Crippen molar-refractivity contribution in [1.29, 1.82) is 0 Å². The molecule has 0 unspecified atom stereocenters. The fourth-order valence-electron chi connectivity index (χ4n) is 2.93. The summed E-state index contributed by atoms with van der Waals surface area (Å²) in [6.45, 7) is 1.39. The van der Waals surface area contributed by atoms with Crippen LogP contribution in [0.4, 0.5) is 14.6 Å². The summed E-state index contributed by atoms with van der Waals surface area (Å²) >= 11 is 1.12. The number of H-pyrrole nitrogens is 1. The first-order valence-electron chi connectivity index (χ1n) is 8.50. The van der Waals surface area contributed by atoms with Gasteiger partial charge in [-0.3, -0.25) is 4.79 Å². The largest absolute Gasteiger partial charge is 0.495 e. The second-order valence-corrected chi connectivity index (χ2v) is 6.99. The van der Waals surface area contributed by atoms with Crippen LogP contribution in [0.2, 0.25) is 0 Å². The zero-order chi connectivity index (χ0) is 20.5. The highest BCUT2D eigenvalue weighted by atomic mass is 32.1. The van der Waals surface area contributed by atoms with E-state index in [1.54, 1.807) is 30.6 Å². The number of carbonyl (C=O) groups is 1. The molecule has 4 rings (SSSR count). The van der Waals surface area contributed by atoms with Gasteiger partial charge in [-0.25, -0.2) is 23.7 Å². The summed E-state index contributed by atoms with van der Waals surface area (Å²) in [6, 6.07) is 5.21. The molecule has 0 saturated heterocycles. The molecule has 0 aliphatic carbocycles. The summed E-state index contributed by atoms with van der Waals surface area (Å²) < 4.78 is 31.4. The van der Waals surface area contributed by atoms with E-state index in [4.69, 9.17) is 4.74 Å². The van der Waals surface area contributed by atoms with E-state index >= 15 is 0 Å². The van der Waals surface area contributed by atoms with E-state index in [-0.39, 0.29) is 11.6 Å². The minimum Gasteiger partial charge on any atom is -0.495 e. The molecule has 0 aromatic carbocycles. The summed E-state index contributed by atoms with van der Waals surface area (Å²) in [5.41, 5.74) is 2.89. The van der Waals surface area contributed by atoms with Crippen LogP contribution in [0.15, 0.2) is 36.0 Å².